The molecule has 1 aromatic carbocycles. The van der Waals surface area contributed by atoms with Crippen molar-refractivity contribution in [1.29, 1.82) is 0 Å². The summed E-state index contributed by atoms with van der Waals surface area (Å²) in [4.78, 5) is 27.6. The van der Waals surface area contributed by atoms with Crippen LogP contribution in [0.3, 0.4) is 0 Å². The summed E-state index contributed by atoms with van der Waals surface area (Å²) >= 11 is 11.6. The van der Waals surface area contributed by atoms with Gasteiger partial charge in [-0.1, -0.05) is 75.1 Å². The largest absolute Gasteiger partial charge is 0.354 e. The second-order valence-electron chi connectivity index (χ2n) is 13.0. The zero-order valence-corrected chi connectivity index (χ0v) is 29.6. The lowest BCUT2D eigenvalue weighted by Gasteiger charge is -2.34. The molecule has 6 N–H and O–H groups in total. The second-order valence-corrected chi connectivity index (χ2v) is 13.4. The van der Waals surface area contributed by atoms with Gasteiger partial charge < -0.3 is 41.4 Å². The van der Waals surface area contributed by atoms with Crippen LogP contribution in [-0.4, -0.2) is 74.5 Å². The van der Waals surface area contributed by atoms with Gasteiger partial charge in [-0.15, -0.1) is 9.02 Å². The van der Waals surface area contributed by atoms with Crippen LogP contribution in [0.25, 0.3) is 0 Å². The molecule has 4 aliphatic rings. The molecular weight excluding hydrogens is 667 g/mol. The van der Waals surface area contributed by atoms with Crippen molar-refractivity contribution in [2.45, 2.75) is 82.8 Å². The number of guanidine groups is 2. The number of halogens is 2. The molecule has 3 fully saturated rings. The Morgan fingerprint density at radius 1 is 0.796 bits per heavy atom. The number of ether oxygens (including phenoxy) is 2. The van der Waals surface area contributed by atoms with Crippen molar-refractivity contribution < 1.29 is 19.1 Å². The van der Waals surface area contributed by atoms with Gasteiger partial charge in [-0.3, -0.25) is 9.59 Å². The van der Waals surface area contributed by atoms with Gasteiger partial charge in [0, 0.05) is 67.3 Å². The summed E-state index contributed by atoms with van der Waals surface area (Å²) in [5.74, 6) is -0.747. The smallest absolute Gasteiger partial charge is 0.224 e. The first-order valence-electron chi connectivity index (χ1n) is 17.7. The third-order valence-corrected chi connectivity index (χ3v) is 10.1. The van der Waals surface area contributed by atoms with E-state index < -0.39 is 11.8 Å². The molecule has 1 heterocycles. The first-order valence-corrected chi connectivity index (χ1v) is 18.3. The van der Waals surface area contributed by atoms with E-state index in [9.17, 15) is 9.59 Å². The van der Waals surface area contributed by atoms with Crippen LogP contribution in [-0.2, 0) is 19.1 Å². The Balaban J connectivity index is 1.15. The Morgan fingerprint density at radius 3 is 2.00 bits per heavy atom. The van der Waals surface area contributed by atoms with Gasteiger partial charge in [0.05, 0.1) is 30.1 Å². The summed E-state index contributed by atoms with van der Waals surface area (Å²) in [7, 11) is 0. The molecule has 1 aromatic rings. The number of unbranched alkanes of at least 4 members (excludes halogenated alkanes) is 4. The lowest BCUT2D eigenvalue weighted by Crippen LogP contribution is -2.53. The predicted octanol–water partition coefficient (Wildman–Crippen LogP) is 4.36. The maximum atomic E-state index is 13.8. The number of fused-ring (bicyclic) bond motifs is 5. The zero-order valence-electron chi connectivity index (χ0n) is 28.1. The molecule has 1 saturated heterocycles. The van der Waals surface area contributed by atoms with Gasteiger partial charge in [0.2, 0.25) is 23.7 Å². The van der Waals surface area contributed by atoms with E-state index >= 15 is 0 Å². The van der Waals surface area contributed by atoms with Crippen LogP contribution in [0.4, 0.5) is 5.69 Å². The third kappa shape index (κ3) is 10.1. The predicted molar refractivity (Wildman–Crippen MR) is 194 cm³/mol. The highest BCUT2D eigenvalue weighted by molar-refractivity contribution is 6.21. The van der Waals surface area contributed by atoms with E-state index in [0.717, 1.165) is 31.4 Å². The number of hydrogen-bond donors (Lipinski definition) is 6. The van der Waals surface area contributed by atoms with Crippen LogP contribution >= 0.6 is 23.6 Å². The van der Waals surface area contributed by atoms with Gasteiger partial charge in [-0.05, 0) is 37.8 Å². The highest BCUT2D eigenvalue weighted by Crippen LogP contribution is 2.57. The van der Waals surface area contributed by atoms with Gasteiger partial charge in [-0.2, -0.15) is 0 Å². The fourth-order valence-corrected chi connectivity index (χ4v) is 7.71. The number of nitrogens with one attached hydrogen (secondary N) is 6. The van der Waals surface area contributed by atoms with Crippen molar-refractivity contribution in [3.05, 3.63) is 54.6 Å². The number of nitrogens with zero attached hydrogens (tertiary/aromatic N) is 2. The van der Waals surface area contributed by atoms with Crippen LogP contribution in [0.2, 0.25) is 0 Å². The third-order valence-electron chi connectivity index (χ3n) is 9.73. The average Bonchev–Trinajstić information content (AvgIpc) is 3.83. The van der Waals surface area contributed by atoms with Crippen molar-refractivity contribution in [2.24, 2.45) is 32.7 Å². The van der Waals surface area contributed by atoms with Crippen LogP contribution in [0.1, 0.15) is 58.3 Å². The molecule has 49 heavy (non-hydrogen) atoms. The first kappa shape index (κ1) is 36.9. The number of rotatable bonds is 16. The number of carbonyl (C=O) groups excluding carboxylic acids is 2. The fourth-order valence-electron chi connectivity index (χ4n) is 7.50. The molecule has 5 rings (SSSR count). The molecule has 3 aliphatic carbocycles. The Morgan fingerprint density at radius 2 is 1.41 bits per heavy atom. The number of carbonyl (C=O) groups is 2. The molecule has 0 radical (unpaired) electrons. The normalized spacial score (nSPS) is 28.6. The molecule has 2 bridgehead atoms. The van der Waals surface area contributed by atoms with Crippen LogP contribution < -0.4 is 31.9 Å². The summed E-state index contributed by atoms with van der Waals surface area (Å²) < 4.78 is 20.4. The molecule has 2 saturated carbocycles. The van der Waals surface area contributed by atoms with Gasteiger partial charge >= 0.3 is 0 Å². The van der Waals surface area contributed by atoms with Crippen molar-refractivity contribution >= 4 is 53.0 Å². The summed E-state index contributed by atoms with van der Waals surface area (Å²) in [6.07, 6.45) is 15.6. The van der Waals surface area contributed by atoms with Crippen LogP contribution in [0.5, 0.6) is 0 Å². The summed E-state index contributed by atoms with van der Waals surface area (Å²) in [6.45, 7) is 3.66. The molecule has 0 aromatic heterocycles. The standard InChI is InChI=1S/C35H50Cl2N8O4/c1-2-3-4-5-12-17-27-48-30-25-22-26(31(30)49-27)29(33(47)39-19-21-41-35(45-37)43-24-15-10-7-11-16-24)28(25)32(46)38-18-20-40-34(44-36)42-23-13-8-6-9-14-23/h6-11,13-15,24-31H,2-5,12,16-22H2,1H3,(H,38,46)(H,39,47)(H2,40,42,44)(H2,41,43,45). The molecule has 268 valence electrons. The zero-order chi connectivity index (χ0) is 34.4. The lowest BCUT2D eigenvalue weighted by atomic mass is 9.75. The maximum Gasteiger partial charge on any atom is 0.224 e. The number of benzene rings is 1. The van der Waals surface area contributed by atoms with Crippen molar-refractivity contribution in [3.8, 4) is 0 Å². The van der Waals surface area contributed by atoms with Crippen LogP contribution in [0.15, 0.2) is 63.7 Å². The van der Waals surface area contributed by atoms with E-state index in [1.54, 1.807) is 0 Å². The number of para-hydroxylation sites is 1. The minimum absolute atomic E-state index is 0.0868. The second kappa shape index (κ2) is 19.2. The monoisotopic (exact) mass is 716 g/mol. The summed E-state index contributed by atoms with van der Waals surface area (Å²) in [6, 6.07) is 9.62. The molecule has 12 nitrogen and oxygen atoms in total. The quantitative estimate of drug-likeness (QED) is 0.0840. The molecular formula is C35H50Cl2N8O4. The van der Waals surface area contributed by atoms with Crippen molar-refractivity contribution in [2.75, 3.05) is 31.5 Å². The van der Waals surface area contributed by atoms with E-state index in [0.29, 0.717) is 44.5 Å². The van der Waals surface area contributed by atoms with E-state index in [1.807, 2.05) is 48.6 Å². The van der Waals surface area contributed by atoms with E-state index in [1.165, 1.54) is 19.3 Å². The highest BCUT2D eigenvalue weighted by Gasteiger charge is 2.66. The summed E-state index contributed by atoms with van der Waals surface area (Å²) in [5, 5.41) is 18.7. The lowest BCUT2D eigenvalue weighted by molar-refractivity contribution is -0.140. The Labute approximate surface area is 299 Å². The Hall–Kier alpha value is -3.32. The van der Waals surface area contributed by atoms with Gasteiger partial charge in [0.15, 0.2) is 6.29 Å². The Kier molecular flexibility index (Phi) is 14.5. The number of amides is 2. The topological polar surface area (TPSA) is 150 Å². The highest BCUT2D eigenvalue weighted by atomic mass is 35.5. The van der Waals surface area contributed by atoms with E-state index in [2.05, 4.69) is 53.9 Å². The molecule has 2 amide bonds. The van der Waals surface area contributed by atoms with Gasteiger partial charge in [0.25, 0.3) is 0 Å². The molecule has 1 aliphatic heterocycles. The van der Waals surface area contributed by atoms with Crippen LogP contribution in [0, 0.1) is 23.7 Å². The minimum Gasteiger partial charge on any atom is -0.354 e. The minimum atomic E-state index is -0.525. The van der Waals surface area contributed by atoms with E-state index in [-0.39, 0.29) is 48.2 Å². The Bertz CT molecular complexity index is 1350. The van der Waals surface area contributed by atoms with E-state index in [4.69, 9.17) is 33.0 Å². The molecule has 0 spiro atoms. The number of allylic oxidation sites excluding steroid dienone is 2. The van der Waals surface area contributed by atoms with Crippen molar-refractivity contribution in [1.82, 2.24) is 26.6 Å². The molecule has 14 heteroatoms. The molecule has 8 atom stereocenters. The van der Waals surface area contributed by atoms with Gasteiger partial charge in [0.1, 0.15) is 0 Å². The van der Waals surface area contributed by atoms with Gasteiger partial charge in [-0.25, -0.2) is 0 Å². The number of anilines is 1. The average molecular weight is 718 g/mol. The SMILES string of the molecule is CCCCCCCC1OC2C3CC(C2O1)C(C(=O)NCCN/C(=N\Cl)Nc1ccccc1)C3C(=O)NCCN/C(=N/Cl)NC1C=CC=CC1. The molecule has 8 unspecified atom stereocenters. The maximum absolute atomic E-state index is 13.8. The summed E-state index contributed by atoms with van der Waals surface area (Å²) in [5.41, 5.74) is 0.832. The first-order chi connectivity index (χ1) is 24.0. The van der Waals surface area contributed by atoms with Crippen molar-refractivity contribution in [3.63, 3.8) is 0 Å². The fraction of sp³-hybridized carbons (Fsp3) is 0.600. The number of hydrogen-bond acceptors (Lipinski definition) is 6.